The predicted octanol–water partition coefficient (Wildman–Crippen LogP) is 2.13. The van der Waals surface area contributed by atoms with Crippen molar-refractivity contribution in [3.8, 4) is 11.5 Å². The number of methoxy groups -OCH3 is 2. The summed E-state index contributed by atoms with van der Waals surface area (Å²) in [7, 11) is 2.47. The molecule has 1 heterocycles. The average Bonchev–Trinajstić information content (AvgIpc) is 2.71. The van der Waals surface area contributed by atoms with Crippen molar-refractivity contribution in [2.24, 2.45) is 0 Å². The number of carboxylic acids is 1. The van der Waals surface area contributed by atoms with Crippen molar-refractivity contribution in [2.45, 2.75) is 26.7 Å². The van der Waals surface area contributed by atoms with Gasteiger partial charge in [0, 0.05) is 17.0 Å². The zero-order valence-corrected chi connectivity index (χ0v) is 17.5. The third kappa shape index (κ3) is 4.56. The molecule has 0 saturated heterocycles. The summed E-state index contributed by atoms with van der Waals surface area (Å²) in [5.74, 6) is -2.99. The summed E-state index contributed by atoms with van der Waals surface area (Å²) in [6.45, 7) is 4.80. The van der Waals surface area contributed by atoms with Crippen LogP contribution in [0.25, 0.3) is 0 Å². The van der Waals surface area contributed by atoms with Gasteiger partial charge < -0.3 is 29.4 Å². The van der Waals surface area contributed by atoms with Gasteiger partial charge in [0.2, 0.25) is 0 Å². The van der Waals surface area contributed by atoms with Crippen LogP contribution in [0.5, 0.6) is 11.5 Å². The number of ether oxygens (including phenoxy) is 4. The monoisotopic (exact) mass is 419 g/mol. The van der Waals surface area contributed by atoms with Crippen molar-refractivity contribution < 1.29 is 38.4 Å². The Morgan fingerprint density at radius 2 is 1.57 bits per heavy atom. The lowest BCUT2D eigenvalue weighted by atomic mass is 9.80. The predicted molar refractivity (Wildman–Crippen MR) is 106 cm³/mol. The first-order valence-electron chi connectivity index (χ1n) is 9.22. The topological polar surface area (TPSA) is 120 Å². The van der Waals surface area contributed by atoms with E-state index in [2.05, 4.69) is 5.32 Å². The molecule has 162 valence electrons. The number of carbonyl (C=O) groups is 3. The Hall–Kier alpha value is -3.49. The molecule has 1 aliphatic heterocycles. The fraction of sp³-hybridized carbons (Fsp3) is 0.381. The van der Waals surface area contributed by atoms with Gasteiger partial charge in [-0.2, -0.15) is 0 Å². The van der Waals surface area contributed by atoms with Crippen molar-refractivity contribution in [3.05, 3.63) is 46.3 Å². The van der Waals surface area contributed by atoms with Crippen molar-refractivity contribution in [3.63, 3.8) is 0 Å². The molecule has 9 nitrogen and oxygen atoms in total. The van der Waals surface area contributed by atoms with E-state index in [0.717, 1.165) is 0 Å². The minimum atomic E-state index is -1.18. The normalized spacial score (nSPS) is 14.2. The number of nitrogens with one attached hydrogen (secondary N) is 1. The highest BCUT2D eigenvalue weighted by Gasteiger charge is 2.39. The van der Waals surface area contributed by atoms with Crippen LogP contribution in [-0.2, 0) is 23.9 Å². The molecular weight excluding hydrogens is 394 g/mol. The van der Waals surface area contributed by atoms with Gasteiger partial charge in [0.05, 0.1) is 37.9 Å². The molecule has 1 aromatic carbocycles. The molecule has 0 aromatic heterocycles. The van der Waals surface area contributed by atoms with Crippen LogP contribution in [0, 0.1) is 0 Å². The van der Waals surface area contributed by atoms with Gasteiger partial charge in [0.25, 0.3) is 0 Å². The Bertz CT molecular complexity index is 878. The largest absolute Gasteiger partial charge is 0.490 e. The number of allylic oxidation sites excluding steroid dienone is 2. The number of aliphatic carboxylic acids is 1. The second-order valence-corrected chi connectivity index (χ2v) is 6.41. The zero-order chi connectivity index (χ0) is 22.4. The van der Waals surface area contributed by atoms with Crippen LogP contribution in [0.4, 0.5) is 0 Å². The molecule has 0 spiro atoms. The lowest BCUT2D eigenvalue weighted by Gasteiger charge is -2.31. The third-order valence-electron chi connectivity index (χ3n) is 4.53. The van der Waals surface area contributed by atoms with Crippen molar-refractivity contribution in [1.82, 2.24) is 5.32 Å². The van der Waals surface area contributed by atoms with Crippen LogP contribution in [0.1, 0.15) is 32.3 Å². The number of benzene rings is 1. The van der Waals surface area contributed by atoms with E-state index in [9.17, 15) is 14.4 Å². The molecular formula is C21H25NO8. The summed E-state index contributed by atoms with van der Waals surface area (Å²) in [4.78, 5) is 36.4. The van der Waals surface area contributed by atoms with E-state index in [4.69, 9.17) is 24.1 Å². The van der Waals surface area contributed by atoms with Crippen molar-refractivity contribution >= 4 is 17.9 Å². The first-order valence-corrected chi connectivity index (χ1v) is 9.22. The molecule has 0 unspecified atom stereocenters. The summed E-state index contributed by atoms with van der Waals surface area (Å²) in [5.41, 5.74) is 1.71. The SMILES string of the molecule is CCOc1cccc(C2C(C(=O)OC)=C(C)NC(C)=C2C(=O)OC)c1OCC(=O)O. The Morgan fingerprint density at radius 3 is 2.03 bits per heavy atom. The summed E-state index contributed by atoms with van der Waals surface area (Å²) in [5, 5.41) is 12.1. The molecule has 0 aliphatic carbocycles. The van der Waals surface area contributed by atoms with Gasteiger partial charge in [-0.05, 0) is 26.8 Å². The number of hydrogen-bond acceptors (Lipinski definition) is 8. The standard InChI is InChI=1S/C21H25NO8/c1-6-29-14-9-7-8-13(19(14)30-10-15(23)24)18-16(20(25)27-4)11(2)22-12(3)17(18)21(26)28-5/h7-9,18,22H,6,10H2,1-5H3,(H,23,24). The van der Waals surface area contributed by atoms with Crippen LogP contribution in [-0.4, -0.2) is 50.4 Å². The van der Waals surface area contributed by atoms with E-state index in [-0.39, 0.29) is 16.9 Å². The van der Waals surface area contributed by atoms with E-state index in [1.54, 1.807) is 39.0 Å². The van der Waals surface area contributed by atoms with Gasteiger partial charge in [0.15, 0.2) is 18.1 Å². The van der Waals surface area contributed by atoms with E-state index < -0.39 is 30.4 Å². The number of esters is 2. The Kier molecular flexibility index (Phi) is 7.46. The minimum absolute atomic E-state index is 0.122. The lowest BCUT2D eigenvalue weighted by molar-refractivity contribution is -0.140. The third-order valence-corrected chi connectivity index (χ3v) is 4.53. The first-order chi connectivity index (χ1) is 14.3. The number of carboxylic acid groups (broad SMARTS) is 1. The summed E-state index contributed by atoms with van der Waals surface area (Å²) in [6.07, 6.45) is 0. The summed E-state index contributed by atoms with van der Waals surface area (Å²) < 4.78 is 21.0. The number of para-hydroxylation sites is 1. The van der Waals surface area contributed by atoms with Gasteiger partial charge in [-0.25, -0.2) is 14.4 Å². The fourth-order valence-corrected chi connectivity index (χ4v) is 3.38. The molecule has 9 heteroatoms. The maximum absolute atomic E-state index is 12.7. The first kappa shape index (κ1) is 22.8. The smallest absolute Gasteiger partial charge is 0.341 e. The van der Waals surface area contributed by atoms with Crippen LogP contribution in [0.3, 0.4) is 0 Å². The fourth-order valence-electron chi connectivity index (χ4n) is 3.38. The number of rotatable bonds is 8. The van der Waals surface area contributed by atoms with Crippen LogP contribution in [0.15, 0.2) is 40.7 Å². The van der Waals surface area contributed by atoms with Gasteiger partial charge in [0.1, 0.15) is 0 Å². The molecule has 1 aromatic rings. The molecule has 30 heavy (non-hydrogen) atoms. The molecule has 0 amide bonds. The maximum atomic E-state index is 12.7. The molecule has 0 saturated carbocycles. The zero-order valence-electron chi connectivity index (χ0n) is 17.5. The minimum Gasteiger partial charge on any atom is -0.490 e. The van der Waals surface area contributed by atoms with E-state index in [1.807, 2.05) is 0 Å². The molecule has 0 atom stereocenters. The Balaban J connectivity index is 2.80. The maximum Gasteiger partial charge on any atom is 0.341 e. The van der Waals surface area contributed by atoms with Gasteiger partial charge >= 0.3 is 17.9 Å². The highest BCUT2D eigenvalue weighted by atomic mass is 16.5. The van der Waals surface area contributed by atoms with Gasteiger partial charge in [-0.3, -0.25) is 0 Å². The molecule has 1 aliphatic rings. The van der Waals surface area contributed by atoms with E-state index in [0.29, 0.717) is 29.3 Å². The van der Waals surface area contributed by atoms with Gasteiger partial charge in [-0.1, -0.05) is 12.1 Å². The molecule has 0 radical (unpaired) electrons. The number of carbonyl (C=O) groups excluding carboxylic acids is 2. The molecule has 0 fully saturated rings. The number of dihydropyridines is 1. The quantitative estimate of drug-likeness (QED) is 0.610. The van der Waals surface area contributed by atoms with E-state index >= 15 is 0 Å². The highest BCUT2D eigenvalue weighted by Crippen LogP contribution is 2.45. The van der Waals surface area contributed by atoms with E-state index in [1.165, 1.54) is 14.2 Å². The molecule has 2 rings (SSSR count). The second kappa shape index (κ2) is 9.82. The van der Waals surface area contributed by atoms with Crippen LogP contribution < -0.4 is 14.8 Å². The summed E-state index contributed by atoms with van der Waals surface area (Å²) >= 11 is 0. The second-order valence-electron chi connectivity index (χ2n) is 6.41. The van der Waals surface area contributed by atoms with Crippen LogP contribution >= 0.6 is 0 Å². The Labute approximate surface area is 174 Å². The lowest BCUT2D eigenvalue weighted by Crippen LogP contribution is -2.32. The van der Waals surface area contributed by atoms with Crippen LogP contribution in [0.2, 0.25) is 0 Å². The molecule has 0 bridgehead atoms. The number of hydrogen-bond donors (Lipinski definition) is 2. The van der Waals surface area contributed by atoms with Crippen molar-refractivity contribution in [1.29, 1.82) is 0 Å². The highest BCUT2D eigenvalue weighted by molar-refractivity contribution is 6.00. The average molecular weight is 419 g/mol. The Morgan fingerprint density at radius 1 is 1.00 bits per heavy atom. The van der Waals surface area contributed by atoms with Crippen molar-refractivity contribution in [2.75, 3.05) is 27.4 Å². The summed E-state index contributed by atoms with van der Waals surface area (Å²) in [6, 6.07) is 4.93. The van der Waals surface area contributed by atoms with Gasteiger partial charge in [-0.15, -0.1) is 0 Å². The molecule has 2 N–H and O–H groups in total.